The van der Waals surface area contributed by atoms with Gasteiger partial charge in [-0.25, -0.2) is 0 Å². The van der Waals surface area contributed by atoms with Gasteiger partial charge in [0.1, 0.15) is 11.8 Å². The Morgan fingerprint density at radius 1 is 1.35 bits per heavy atom. The van der Waals surface area contributed by atoms with Crippen LogP contribution in [0.25, 0.3) is 0 Å². The van der Waals surface area contributed by atoms with Crippen molar-refractivity contribution in [3.05, 3.63) is 58.3 Å². The van der Waals surface area contributed by atoms with Crippen LogP contribution >= 0.6 is 15.9 Å². The van der Waals surface area contributed by atoms with Gasteiger partial charge in [0.15, 0.2) is 0 Å². The minimum absolute atomic E-state index is 0.0138. The maximum absolute atomic E-state index is 12.4. The average molecular weight is 335 g/mol. The molecule has 4 nitrogen and oxygen atoms in total. The Labute approximate surface area is 125 Å². The molecule has 1 saturated heterocycles. The van der Waals surface area contributed by atoms with E-state index >= 15 is 0 Å². The zero-order valence-corrected chi connectivity index (χ0v) is 12.5. The molecular weight excluding hydrogens is 320 g/mol. The summed E-state index contributed by atoms with van der Waals surface area (Å²) in [4.78, 5) is 17.2. The molecule has 1 aromatic carbocycles. The Balaban J connectivity index is 1.74. The van der Waals surface area contributed by atoms with Gasteiger partial charge >= 0.3 is 0 Å². The Bertz CT molecular complexity index is 597. The van der Waals surface area contributed by atoms with Gasteiger partial charge in [0.05, 0.1) is 13.2 Å². The number of nitrogens with one attached hydrogen (secondary N) is 1. The molecule has 1 unspecified atom stereocenters. The SMILES string of the molecule is O=C(c1cc(Br)c[nH]1)N1CCOC(c2ccccc2)C1. The quantitative estimate of drug-likeness (QED) is 0.917. The summed E-state index contributed by atoms with van der Waals surface area (Å²) in [6.45, 7) is 1.77. The fourth-order valence-corrected chi connectivity index (χ4v) is 2.71. The highest BCUT2D eigenvalue weighted by Gasteiger charge is 2.26. The van der Waals surface area contributed by atoms with E-state index in [2.05, 4.69) is 20.9 Å². The summed E-state index contributed by atoms with van der Waals surface area (Å²) < 4.78 is 6.66. The highest BCUT2D eigenvalue weighted by atomic mass is 79.9. The van der Waals surface area contributed by atoms with Crippen LogP contribution in [0.4, 0.5) is 0 Å². The molecule has 0 bridgehead atoms. The molecule has 0 radical (unpaired) electrons. The van der Waals surface area contributed by atoms with Crippen molar-refractivity contribution in [2.75, 3.05) is 19.7 Å². The number of H-pyrrole nitrogens is 1. The fourth-order valence-electron chi connectivity index (χ4n) is 2.36. The Morgan fingerprint density at radius 3 is 2.85 bits per heavy atom. The van der Waals surface area contributed by atoms with Crippen molar-refractivity contribution in [1.82, 2.24) is 9.88 Å². The minimum Gasteiger partial charge on any atom is -0.370 e. The van der Waals surface area contributed by atoms with Crippen molar-refractivity contribution in [3.63, 3.8) is 0 Å². The molecular formula is C15H15BrN2O2. The molecule has 0 aliphatic carbocycles. The van der Waals surface area contributed by atoms with E-state index in [0.29, 0.717) is 25.4 Å². The monoisotopic (exact) mass is 334 g/mol. The fraction of sp³-hybridized carbons (Fsp3) is 0.267. The van der Waals surface area contributed by atoms with Crippen molar-refractivity contribution in [3.8, 4) is 0 Å². The third kappa shape index (κ3) is 2.78. The third-order valence-electron chi connectivity index (χ3n) is 3.40. The van der Waals surface area contributed by atoms with Crippen molar-refractivity contribution >= 4 is 21.8 Å². The zero-order valence-electron chi connectivity index (χ0n) is 10.9. The molecule has 1 aromatic heterocycles. The number of hydrogen-bond acceptors (Lipinski definition) is 2. The van der Waals surface area contributed by atoms with Gasteiger partial charge in [0, 0.05) is 17.2 Å². The van der Waals surface area contributed by atoms with Crippen LogP contribution in [0.3, 0.4) is 0 Å². The van der Waals surface area contributed by atoms with Gasteiger partial charge in [-0.05, 0) is 27.6 Å². The van der Waals surface area contributed by atoms with Crippen LogP contribution in [0.2, 0.25) is 0 Å². The van der Waals surface area contributed by atoms with Crippen LogP contribution < -0.4 is 0 Å². The van der Waals surface area contributed by atoms with Crippen LogP contribution in [0.15, 0.2) is 47.1 Å². The van der Waals surface area contributed by atoms with Gasteiger partial charge in [0.2, 0.25) is 0 Å². The van der Waals surface area contributed by atoms with Crippen LogP contribution in [0.5, 0.6) is 0 Å². The average Bonchev–Trinajstić information content (AvgIpc) is 2.94. The van der Waals surface area contributed by atoms with Gasteiger partial charge in [-0.15, -0.1) is 0 Å². The van der Waals surface area contributed by atoms with Crippen LogP contribution in [0, 0.1) is 0 Å². The first-order valence-electron chi connectivity index (χ1n) is 6.54. The van der Waals surface area contributed by atoms with Gasteiger partial charge in [-0.2, -0.15) is 0 Å². The summed E-state index contributed by atoms with van der Waals surface area (Å²) in [7, 11) is 0. The standard InChI is InChI=1S/C15H15BrN2O2/c16-12-8-13(17-9-12)15(19)18-6-7-20-14(10-18)11-4-2-1-3-5-11/h1-5,8-9,14,17H,6-7,10H2. The Morgan fingerprint density at radius 2 is 2.15 bits per heavy atom. The maximum Gasteiger partial charge on any atom is 0.270 e. The third-order valence-corrected chi connectivity index (χ3v) is 3.86. The number of amides is 1. The van der Waals surface area contributed by atoms with Crippen LogP contribution in [0.1, 0.15) is 22.2 Å². The van der Waals surface area contributed by atoms with Crippen molar-refractivity contribution in [2.24, 2.45) is 0 Å². The van der Waals surface area contributed by atoms with Gasteiger partial charge in [-0.1, -0.05) is 30.3 Å². The second kappa shape index (κ2) is 5.81. The van der Waals surface area contributed by atoms with Crippen molar-refractivity contribution in [2.45, 2.75) is 6.10 Å². The molecule has 1 atom stereocenters. The summed E-state index contributed by atoms with van der Waals surface area (Å²) in [6, 6.07) is 11.8. The number of ether oxygens (including phenoxy) is 1. The lowest BCUT2D eigenvalue weighted by molar-refractivity contribution is -0.0229. The molecule has 2 aromatic rings. The molecule has 1 fully saturated rings. The summed E-state index contributed by atoms with van der Waals surface area (Å²) in [5, 5.41) is 0. The smallest absolute Gasteiger partial charge is 0.270 e. The van der Waals surface area contributed by atoms with Crippen LogP contribution in [-0.2, 0) is 4.74 Å². The molecule has 5 heteroatoms. The topological polar surface area (TPSA) is 45.3 Å². The molecule has 0 saturated carbocycles. The number of hydrogen-bond donors (Lipinski definition) is 1. The number of aromatic nitrogens is 1. The second-order valence-electron chi connectivity index (χ2n) is 4.75. The van der Waals surface area contributed by atoms with Gasteiger partial charge in [-0.3, -0.25) is 4.79 Å². The first kappa shape index (κ1) is 13.4. The number of aromatic amines is 1. The molecule has 1 amide bonds. The van der Waals surface area contributed by atoms with Crippen molar-refractivity contribution < 1.29 is 9.53 Å². The summed E-state index contributed by atoms with van der Waals surface area (Å²) >= 11 is 3.35. The highest BCUT2D eigenvalue weighted by molar-refractivity contribution is 9.10. The predicted octanol–water partition coefficient (Wildman–Crippen LogP) is 2.99. The molecule has 1 aliphatic heterocycles. The maximum atomic E-state index is 12.4. The van der Waals surface area contributed by atoms with E-state index in [1.54, 1.807) is 12.3 Å². The molecule has 2 heterocycles. The first-order valence-corrected chi connectivity index (χ1v) is 7.33. The van der Waals surface area contributed by atoms with E-state index in [0.717, 1.165) is 10.0 Å². The molecule has 3 rings (SSSR count). The number of halogens is 1. The molecule has 1 aliphatic rings. The zero-order chi connectivity index (χ0) is 13.9. The summed E-state index contributed by atoms with van der Waals surface area (Å²) in [6.07, 6.45) is 1.72. The number of carbonyl (C=O) groups excluding carboxylic acids is 1. The lowest BCUT2D eigenvalue weighted by Crippen LogP contribution is -2.42. The second-order valence-corrected chi connectivity index (χ2v) is 5.67. The summed E-state index contributed by atoms with van der Waals surface area (Å²) in [5.74, 6) is 0.0138. The summed E-state index contributed by atoms with van der Waals surface area (Å²) in [5.41, 5.74) is 1.71. The molecule has 20 heavy (non-hydrogen) atoms. The number of nitrogens with zero attached hydrogens (tertiary/aromatic N) is 1. The van der Waals surface area contributed by atoms with E-state index in [-0.39, 0.29) is 12.0 Å². The van der Waals surface area contributed by atoms with E-state index in [4.69, 9.17) is 4.74 Å². The van der Waals surface area contributed by atoms with Gasteiger partial charge < -0.3 is 14.6 Å². The molecule has 104 valence electrons. The lowest BCUT2D eigenvalue weighted by atomic mass is 10.1. The first-order chi connectivity index (χ1) is 9.74. The highest BCUT2D eigenvalue weighted by Crippen LogP contribution is 2.23. The predicted molar refractivity (Wildman–Crippen MR) is 79.5 cm³/mol. The largest absolute Gasteiger partial charge is 0.370 e. The van der Waals surface area contributed by atoms with E-state index in [9.17, 15) is 4.79 Å². The normalized spacial score (nSPS) is 19.1. The number of morpholine rings is 1. The van der Waals surface area contributed by atoms with Crippen molar-refractivity contribution in [1.29, 1.82) is 0 Å². The lowest BCUT2D eigenvalue weighted by Gasteiger charge is -2.33. The van der Waals surface area contributed by atoms with Gasteiger partial charge in [0.25, 0.3) is 5.91 Å². The molecule has 0 spiro atoms. The van der Waals surface area contributed by atoms with E-state index < -0.39 is 0 Å². The number of carbonyl (C=O) groups is 1. The van der Waals surface area contributed by atoms with E-state index in [1.807, 2.05) is 35.2 Å². The minimum atomic E-state index is -0.0488. The number of benzene rings is 1. The molecule has 1 N–H and O–H groups in total. The van der Waals surface area contributed by atoms with Crippen LogP contribution in [-0.4, -0.2) is 35.5 Å². The number of rotatable bonds is 2. The van der Waals surface area contributed by atoms with E-state index in [1.165, 1.54) is 0 Å². The Kier molecular flexibility index (Phi) is 3.89. The Hall–Kier alpha value is -1.59.